The summed E-state index contributed by atoms with van der Waals surface area (Å²) in [6.07, 6.45) is 0.695. The standard InChI is InChI=1S/C14H17F2N3/c1-8-13(17)12(3-4-19-8)14(18-2)9-5-10(15)7-11(16)6-9/h5-8,19H,3-4,17H2,1-2H3/t8-/m0/s1. The molecule has 0 bridgehead atoms. The lowest BCUT2D eigenvalue weighted by atomic mass is 9.93. The van der Waals surface area contributed by atoms with E-state index in [1.807, 2.05) is 6.92 Å². The smallest absolute Gasteiger partial charge is 0.126 e. The molecular formula is C14H17F2N3. The number of aliphatic imine (C=N–C) groups is 1. The summed E-state index contributed by atoms with van der Waals surface area (Å²) in [7, 11) is 1.60. The molecule has 3 nitrogen and oxygen atoms in total. The summed E-state index contributed by atoms with van der Waals surface area (Å²) in [5, 5.41) is 3.23. The number of nitrogens with one attached hydrogen (secondary N) is 1. The fraction of sp³-hybridized carbons (Fsp3) is 0.357. The molecular weight excluding hydrogens is 248 g/mol. The van der Waals surface area contributed by atoms with Gasteiger partial charge in [-0.15, -0.1) is 0 Å². The molecule has 3 N–H and O–H groups in total. The summed E-state index contributed by atoms with van der Waals surface area (Å²) in [6.45, 7) is 2.72. The maximum atomic E-state index is 13.3. The van der Waals surface area contributed by atoms with Gasteiger partial charge in [0.15, 0.2) is 0 Å². The van der Waals surface area contributed by atoms with Crippen molar-refractivity contribution in [3.63, 3.8) is 0 Å². The Morgan fingerprint density at radius 2 is 1.95 bits per heavy atom. The second-order valence-electron chi connectivity index (χ2n) is 4.59. The van der Waals surface area contributed by atoms with E-state index >= 15 is 0 Å². The summed E-state index contributed by atoms with van der Waals surface area (Å²) < 4.78 is 26.6. The predicted molar refractivity (Wildman–Crippen MR) is 72.1 cm³/mol. The highest BCUT2D eigenvalue weighted by Gasteiger charge is 2.21. The van der Waals surface area contributed by atoms with Crippen molar-refractivity contribution in [2.45, 2.75) is 19.4 Å². The van der Waals surface area contributed by atoms with Gasteiger partial charge >= 0.3 is 0 Å². The minimum absolute atomic E-state index is 0.0407. The van der Waals surface area contributed by atoms with Crippen LogP contribution in [0.3, 0.4) is 0 Å². The van der Waals surface area contributed by atoms with Crippen molar-refractivity contribution in [2.75, 3.05) is 13.6 Å². The normalized spacial score (nSPS) is 20.8. The van der Waals surface area contributed by atoms with Gasteiger partial charge < -0.3 is 11.1 Å². The number of nitrogens with two attached hydrogens (primary N) is 1. The van der Waals surface area contributed by atoms with Gasteiger partial charge in [0.05, 0.1) is 5.71 Å². The Morgan fingerprint density at radius 3 is 2.53 bits per heavy atom. The van der Waals surface area contributed by atoms with E-state index in [0.29, 0.717) is 23.4 Å². The van der Waals surface area contributed by atoms with Crippen LogP contribution in [0.1, 0.15) is 18.9 Å². The average Bonchev–Trinajstić information content (AvgIpc) is 2.34. The van der Waals surface area contributed by atoms with Crippen LogP contribution in [-0.2, 0) is 0 Å². The highest BCUT2D eigenvalue weighted by molar-refractivity contribution is 6.13. The molecule has 2 rings (SSSR count). The Hall–Kier alpha value is -1.75. The molecule has 5 heteroatoms. The molecule has 0 unspecified atom stereocenters. The van der Waals surface area contributed by atoms with Crippen LogP contribution >= 0.6 is 0 Å². The van der Waals surface area contributed by atoms with E-state index in [2.05, 4.69) is 10.3 Å². The molecule has 0 aliphatic carbocycles. The van der Waals surface area contributed by atoms with E-state index in [1.54, 1.807) is 7.05 Å². The third kappa shape index (κ3) is 2.81. The number of benzene rings is 1. The molecule has 1 aliphatic rings. The van der Waals surface area contributed by atoms with Crippen molar-refractivity contribution >= 4 is 5.71 Å². The Bertz CT molecular complexity index is 529. The van der Waals surface area contributed by atoms with Crippen LogP contribution in [0.4, 0.5) is 8.78 Å². The molecule has 0 aromatic heterocycles. The lowest BCUT2D eigenvalue weighted by Crippen LogP contribution is -2.39. The van der Waals surface area contributed by atoms with Crippen LogP contribution in [-0.4, -0.2) is 25.3 Å². The molecule has 0 saturated carbocycles. The first-order chi connectivity index (χ1) is 9.02. The molecule has 1 atom stereocenters. The summed E-state index contributed by atoms with van der Waals surface area (Å²) in [5.74, 6) is -1.23. The van der Waals surface area contributed by atoms with Crippen molar-refractivity contribution < 1.29 is 8.78 Å². The van der Waals surface area contributed by atoms with Gasteiger partial charge in [-0.2, -0.15) is 0 Å². The van der Waals surface area contributed by atoms with Crippen LogP contribution < -0.4 is 11.1 Å². The van der Waals surface area contributed by atoms with Crippen LogP contribution in [0.25, 0.3) is 0 Å². The quantitative estimate of drug-likeness (QED) is 0.803. The number of rotatable bonds is 2. The Labute approximate surface area is 111 Å². The number of hydrogen-bond donors (Lipinski definition) is 2. The minimum atomic E-state index is -0.614. The monoisotopic (exact) mass is 265 g/mol. The summed E-state index contributed by atoms with van der Waals surface area (Å²) in [6, 6.07) is 3.44. The third-order valence-corrected chi connectivity index (χ3v) is 3.29. The second-order valence-corrected chi connectivity index (χ2v) is 4.59. The Balaban J connectivity index is 2.49. The van der Waals surface area contributed by atoms with Crippen LogP contribution in [0, 0.1) is 11.6 Å². The van der Waals surface area contributed by atoms with E-state index in [1.165, 1.54) is 12.1 Å². The number of halogens is 2. The van der Waals surface area contributed by atoms with Crippen molar-refractivity contribution in [2.24, 2.45) is 10.7 Å². The van der Waals surface area contributed by atoms with E-state index in [0.717, 1.165) is 18.2 Å². The Morgan fingerprint density at radius 1 is 1.32 bits per heavy atom. The number of nitrogens with zero attached hydrogens (tertiary/aromatic N) is 1. The first-order valence-corrected chi connectivity index (χ1v) is 6.18. The molecule has 1 aromatic rings. The van der Waals surface area contributed by atoms with Gasteiger partial charge in [0.2, 0.25) is 0 Å². The van der Waals surface area contributed by atoms with E-state index in [4.69, 9.17) is 5.73 Å². The van der Waals surface area contributed by atoms with Gasteiger partial charge in [0, 0.05) is 30.4 Å². The summed E-state index contributed by atoms with van der Waals surface area (Å²) in [4.78, 5) is 4.17. The van der Waals surface area contributed by atoms with Crippen LogP contribution in [0.2, 0.25) is 0 Å². The highest BCUT2D eigenvalue weighted by atomic mass is 19.1. The van der Waals surface area contributed by atoms with Crippen molar-refractivity contribution in [3.8, 4) is 0 Å². The van der Waals surface area contributed by atoms with Crippen LogP contribution in [0.5, 0.6) is 0 Å². The van der Waals surface area contributed by atoms with Gasteiger partial charge in [-0.05, 0) is 37.6 Å². The third-order valence-electron chi connectivity index (χ3n) is 3.29. The lowest BCUT2D eigenvalue weighted by Gasteiger charge is -2.25. The van der Waals surface area contributed by atoms with Gasteiger partial charge in [-0.1, -0.05) is 0 Å². The van der Waals surface area contributed by atoms with Gasteiger partial charge in [-0.3, -0.25) is 4.99 Å². The Kier molecular flexibility index (Phi) is 3.95. The van der Waals surface area contributed by atoms with Crippen molar-refractivity contribution in [1.29, 1.82) is 0 Å². The number of hydrogen-bond acceptors (Lipinski definition) is 3. The van der Waals surface area contributed by atoms with Gasteiger partial charge in [-0.25, -0.2) is 8.78 Å². The lowest BCUT2D eigenvalue weighted by molar-refractivity contribution is 0.570. The molecule has 0 spiro atoms. The zero-order chi connectivity index (χ0) is 14.0. The molecule has 1 aromatic carbocycles. The molecule has 0 saturated heterocycles. The molecule has 1 aliphatic heterocycles. The molecule has 0 radical (unpaired) electrons. The second kappa shape index (κ2) is 5.48. The average molecular weight is 265 g/mol. The maximum absolute atomic E-state index is 13.3. The van der Waals surface area contributed by atoms with E-state index < -0.39 is 11.6 Å². The van der Waals surface area contributed by atoms with E-state index in [9.17, 15) is 8.78 Å². The first-order valence-electron chi connectivity index (χ1n) is 6.18. The van der Waals surface area contributed by atoms with Gasteiger partial charge in [0.25, 0.3) is 0 Å². The molecule has 102 valence electrons. The fourth-order valence-corrected chi connectivity index (χ4v) is 2.31. The topological polar surface area (TPSA) is 50.4 Å². The predicted octanol–water partition coefficient (Wildman–Crippen LogP) is 1.98. The fourth-order valence-electron chi connectivity index (χ4n) is 2.31. The molecule has 19 heavy (non-hydrogen) atoms. The molecule has 1 heterocycles. The van der Waals surface area contributed by atoms with Gasteiger partial charge in [0.1, 0.15) is 11.6 Å². The minimum Gasteiger partial charge on any atom is -0.400 e. The van der Waals surface area contributed by atoms with Crippen molar-refractivity contribution in [3.05, 3.63) is 46.7 Å². The summed E-state index contributed by atoms with van der Waals surface area (Å²) in [5.41, 5.74) is 8.58. The SMILES string of the molecule is CN=C(C1=C(N)[C@H](C)NCC1)c1cc(F)cc(F)c1. The highest BCUT2D eigenvalue weighted by Crippen LogP contribution is 2.21. The maximum Gasteiger partial charge on any atom is 0.126 e. The summed E-state index contributed by atoms with van der Waals surface area (Å²) >= 11 is 0. The van der Waals surface area contributed by atoms with E-state index in [-0.39, 0.29) is 6.04 Å². The zero-order valence-electron chi connectivity index (χ0n) is 11.0. The largest absolute Gasteiger partial charge is 0.400 e. The zero-order valence-corrected chi connectivity index (χ0v) is 11.0. The molecule has 0 amide bonds. The molecule has 0 fully saturated rings. The van der Waals surface area contributed by atoms with Crippen LogP contribution in [0.15, 0.2) is 34.5 Å². The van der Waals surface area contributed by atoms with Crippen molar-refractivity contribution in [1.82, 2.24) is 5.32 Å². The first kappa shape index (κ1) is 13.7.